The van der Waals surface area contributed by atoms with Gasteiger partial charge < -0.3 is 5.11 Å². The number of nitrogens with one attached hydrogen (secondary N) is 1. The molecule has 0 aliphatic rings. The van der Waals surface area contributed by atoms with Crippen molar-refractivity contribution in [3.63, 3.8) is 0 Å². The van der Waals surface area contributed by atoms with Gasteiger partial charge in [0.15, 0.2) is 0 Å². The number of hydrogen-bond donors (Lipinski definition) is 2. The van der Waals surface area contributed by atoms with Gasteiger partial charge in [-0.05, 0) is 31.5 Å². The first-order chi connectivity index (χ1) is 8.71. The maximum atomic E-state index is 12.1. The van der Waals surface area contributed by atoms with E-state index in [9.17, 15) is 18.3 Å². The van der Waals surface area contributed by atoms with Gasteiger partial charge in [0.05, 0.1) is 4.90 Å². The lowest BCUT2D eigenvalue weighted by Crippen LogP contribution is -2.51. The molecule has 0 radical (unpaired) electrons. The molecule has 0 fully saturated rings. The van der Waals surface area contributed by atoms with Gasteiger partial charge in [0.25, 0.3) is 0 Å². The number of hydrogen-bond acceptors (Lipinski definition) is 3. The first-order valence-corrected chi connectivity index (χ1v) is 7.60. The van der Waals surface area contributed by atoms with Crippen molar-refractivity contribution in [3.05, 3.63) is 29.3 Å². The number of carboxylic acids is 1. The zero-order valence-corrected chi connectivity index (χ0v) is 12.3. The number of halogens is 1. The molecule has 0 amide bonds. The molecule has 19 heavy (non-hydrogen) atoms. The number of rotatable bonds is 6. The zero-order chi connectivity index (χ0) is 14.7. The summed E-state index contributed by atoms with van der Waals surface area (Å²) in [6.45, 7) is 3.13. The summed E-state index contributed by atoms with van der Waals surface area (Å²) in [5.74, 6) is -1.21. The van der Waals surface area contributed by atoms with Crippen LogP contribution in [0.15, 0.2) is 29.2 Å². The first kappa shape index (κ1) is 15.9. The number of aliphatic carboxylic acids is 1. The maximum Gasteiger partial charge on any atom is 0.324 e. The largest absolute Gasteiger partial charge is 0.480 e. The fourth-order valence-corrected chi connectivity index (χ4v) is 3.39. The lowest BCUT2D eigenvalue weighted by molar-refractivity contribution is -0.143. The van der Waals surface area contributed by atoms with Gasteiger partial charge >= 0.3 is 5.97 Å². The van der Waals surface area contributed by atoms with Crippen LogP contribution in [0, 0.1) is 0 Å². The summed E-state index contributed by atoms with van der Waals surface area (Å²) in [5.41, 5.74) is -1.53. The van der Waals surface area contributed by atoms with Crippen LogP contribution in [0.2, 0.25) is 5.02 Å². The van der Waals surface area contributed by atoms with Gasteiger partial charge in [-0.2, -0.15) is 4.72 Å². The van der Waals surface area contributed by atoms with E-state index >= 15 is 0 Å². The first-order valence-electron chi connectivity index (χ1n) is 5.74. The van der Waals surface area contributed by atoms with Crippen LogP contribution >= 0.6 is 11.6 Å². The summed E-state index contributed by atoms with van der Waals surface area (Å²) in [6.07, 6.45) is 0.739. The van der Waals surface area contributed by atoms with E-state index in [-0.39, 0.29) is 16.3 Å². The predicted molar refractivity (Wildman–Crippen MR) is 72.7 cm³/mol. The van der Waals surface area contributed by atoms with Crippen molar-refractivity contribution >= 4 is 27.6 Å². The molecule has 0 heterocycles. The Morgan fingerprint density at radius 3 is 2.58 bits per heavy atom. The van der Waals surface area contributed by atoms with Gasteiger partial charge in [0.1, 0.15) is 5.54 Å². The van der Waals surface area contributed by atoms with Crippen LogP contribution in [-0.2, 0) is 14.8 Å². The molecule has 1 atom stereocenters. The molecule has 0 aliphatic heterocycles. The van der Waals surface area contributed by atoms with Crippen molar-refractivity contribution in [2.24, 2.45) is 0 Å². The molecule has 5 nitrogen and oxygen atoms in total. The second-order valence-corrected chi connectivity index (χ2v) is 6.57. The van der Waals surface area contributed by atoms with E-state index in [0.29, 0.717) is 6.42 Å². The van der Waals surface area contributed by atoms with Gasteiger partial charge in [0.2, 0.25) is 10.0 Å². The molecular weight excluding hydrogens is 290 g/mol. The summed E-state index contributed by atoms with van der Waals surface area (Å²) in [6, 6.07) is 5.68. The molecule has 2 N–H and O–H groups in total. The second-order valence-electron chi connectivity index (χ2n) is 4.45. The van der Waals surface area contributed by atoms with Gasteiger partial charge in [-0.1, -0.05) is 31.0 Å². The Morgan fingerprint density at radius 2 is 2.11 bits per heavy atom. The zero-order valence-electron chi connectivity index (χ0n) is 10.7. The highest BCUT2D eigenvalue weighted by Crippen LogP contribution is 2.20. The molecule has 1 aromatic carbocycles. The van der Waals surface area contributed by atoms with Crippen LogP contribution in [0.4, 0.5) is 0 Å². The van der Waals surface area contributed by atoms with E-state index in [4.69, 9.17) is 11.6 Å². The number of benzene rings is 1. The van der Waals surface area contributed by atoms with E-state index < -0.39 is 21.5 Å². The lowest BCUT2D eigenvalue weighted by Gasteiger charge is -2.25. The molecule has 0 spiro atoms. The fraction of sp³-hybridized carbons (Fsp3) is 0.417. The normalized spacial score (nSPS) is 14.9. The quantitative estimate of drug-likeness (QED) is 0.844. The van der Waals surface area contributed by atoms with Crippen LogP contribution in [0.3, 0.4) is 0 Å². The Labute approximate surface area is 117 Å². The molecule has 1 aromatic rings. The molecule has 1 unspecified atom stereocenters. The Kier molecular flexibility index (Phi) is 4.95. The summed E-state index contributed by atoms with van der Waals surface area (Å²) < 4.78 is 26.5. The summed E-state index contributed by atoms with van der Waals surface area (Å²) in [5, 5.41) is 9.45. The minimum Gasteiger partial charge on any atom is -0.480 e. The van der Waals surface area contributed by atoms with Crippen molar-refractivity contribution in [1.29, 1.82) is 0 Å². The molecular formula is C12H16ClNO4S. The third-order valence-electron chi connectivity index (χ3n) is 2.69. The molecule has 0 saturated heterocycles. The highest BCUT2D eigenvalue weighted by molar-refractivity contribution is 7.89. The predicted octanol–water partition coefficient (Wildman–Crippen LogP) is 2.26. The van der Waals surface area contributed by atoms with Crippen LogP contribution in [-0.4, -0.2) is 25.0 Å². The van der Waals surface area contributed by atoms with Gasteiger partial charge in [-0.3, -0.25) is 4.79 Å². The van der Waals surface area contributed by atoms with Gasteiger partial charge in [0, 0.05) is 5.02 Å². The Balaban J connectivity index is 3.11. The van der Waals surface area contributed by atoms with E-state index in [1.165, 1.54) is 25.1 Å². The topological polar surface area (TPSA) is 83.5 Å². The Hall–Kier alpha value is -1.11. The summed E-state index contributed by atoms with van der Waals surface area (Å²) in [4.78, 5) is 11.2. The van der Waals surface area contributed by atoms with Crippen molar-refractivity contribution in [2.45, 2.75) is 37.1 Å². The molecule has 0 aliphatic carbocycles. The van der Waals surface area contributed by atoms with Crippen LogP contribution in [0.5, 0.6) is 0 Å². The van der Waals surface area contributed by atoms with E-state index in [1.807, 2.05) is 0 Å². The van der Waals surface area contributed by atoms with Gasteiger partial charge in [-0.15, -0.1) is 0 Å². The molecule has 106 valence electrons. The second kappa shape index (κ2) is 5.90. The average molecular weight is 306 g/mol. The van der Waals surface area contributed by atoms with Crippen molar-refractivity contribution < 1.29 is 18.3 Å². The fourth-order valence-electron chi connectivity index (χ4n) is 1.69. The Morgan fingerprint density at radius 1 is 1.47 bits per heavy atom. The average Bonchev–Trinajstić information content (AvgIpc) is 2.28. The molecule has 0 saturated carbocycles. The molecule has 1 rings (SSSR count). The number of carbonyl (C=O) groups is 1. The van der Waals surface area contributed by atoms with E-state index in [2.05, 4.69) is 4.72 Å². The molecule has 7 heteroatoms. The minimum absolute atomic E-state index is 0.0522. The highest BCUT2D eigenvalue weighted by Gasteiger charge is 2.37. The molecule has 0 aromatic heterocycles. The van der Waals surface area contributed by atoms with E-state index in [1.54, 1.807) is 13.0 Å². The molecule has 0 bridgehead atoms. The number of carboxylic acid groups (broad SMARTS) is 1. The van der Waals surface area contributed by atoms with Crippen molar-refractivity contribution in [3.8, 4) is 0 Å². The van der Waals surface area contributed by atoms with Crippen molar-refractivity contribution in [1.82, 2.24) is 4.72 Å². The lowest BCUT2D eigenvalue weighted by atomic mass is 9.98. The van der Waals surface area contributed by atoms with Crippen LogP contribution in [0.1, 0.15) is 26.7 Å². The monoisotopic (exact) mass is 305 g/mol. The Bertz CT molecular complexity index is 573. The van der Waals surface area contributed by atoms with E-state index in [0.717, 1.165) is 0 Å². The highest BCUT2D eigenvalue weighted by atomic mass is 35.5. The summed E-state index contributed by atoms with van der Waals surface area (Å²) >= 11 is 5.74. The van der Waals surface area contributed by atoms with Crippen LogP contribution < -0.4 is 4.72 Å². The summed E-state index contributed by atoms with van der Waals surface area (Å²) in [7, 11) is -3.92. The standard InChI is InChI=1S/C12H16ClNO4S/c1-3-7-12(2,11(15)16)14-19(17,18)10-6-4-5-9(13)8-10/h4-6,8,14H,3,7H2,1-2H3,(H,15,16). The van der Waals surface area contributed by atoms with Gasteiger partial charge in [-0.25, -0.2) is 8.42 Å². The smallest absolute Gasteiger partial charge is 0.324 e. The minimum atomic E-state index is -3.92. The van der Waals surface area contributed by atoms with Crippen LogP contribution in [0.25, 0.3) is 0 Å². The maximum absolute atomic E-state index is 12.1. The SMILES string of the molecule is CCCC(C)(NS(=O)(=O)c1cccc(Cl)c1)C(=O)O. The third kappa shape index (κ3) is 3.92. The van der Waals surface area contributed by atoms with Crippen molar-refractivity contribution in [2.75, 3.05) is 0 Å². The third-order valence-corrected chi connectivity index (χ3v) is 4.52. The number of sulfonamides is 1.